The van der Waals surface area contributed by atoms with Gasteiger partial charge in [0.2, 0.25) is 5.88 Å². The molecular weight excluding hydrogens is 411 g/mol. The lowest BCUT2D eigenvalue weighted by molar-refractivity contribution is 0.0600. The second-order valence-corrected chi connectivity index (χ2v) is 7.33. The number of carbonyl (C=O) groups excluding carboxylic acids is 1. The van der Waals surface area contributed by atoms with E-state index in [0.717, 1.165) is 5.69 Å². The van der Waals surface area contributed by atoms with E-state index in [2.05, 4.69) is 4.98 Å². The standard InChI is InChI=1S/C22H16Cl2N2O3/c1-12-18(22(28)29-2)19(15-9-8-13(23)10-17(15)24)16-11-26(21(27)20(16)25-12)14-6-4-3-5-7-14/h3-11,27H,1-2H3. The third kappa shape index (κ3) is 3.22. The third-order valence-electron chi connectivity index (χ3n) is 4.74. The first-order valence-electron chi connectivity index (χ1n) is 8.76. The van der Waals surface area contributed by atoms with Crippen molar-refractivity contribution in [2.45, 2.75) is 6.92 Å². The number of nitrogens with zero attached hydrogens (tertiary/aromatic N) is 2. The third-order valence-corrected chi connectivity index (χ3v) is 5.29. The zero-order valence-electron chi connectivity index (χ0n) is 15.6. The summed E-state index contributed by atoms with van der Waals surface area (Å²) in [5.41, 5.74) is 2.96. The van der Waals surface area contributed by atoms with E-state index in [1.54, 1.807) is 35.9 Å². The summed E-state index contributed by atoms with van der Waals surface area (Å²) in [6, 6.07) is 14.4. The molecule has 2 aromatic heterocycles. The molecule has 2 heterocycles. The van der Waals surface area contributed by atoms with E-state index in [-0.39, 0.29) is 11.4 Å². The summed E-state index contributed by atoms with van der Waals surface area (Å²) in [5, 5.41) is 12.3. The summed E-state index contributed by atoms with van der Waals surface area (Å²) >= 11 is 12.5. The van der Waals surface area contributed by atoms with E-state index < -0.39 is 5.97 Å². The molecule has 2 aromatic carbocycles. The van der Waals surface area contributed by atoms with Gasteiger partial charge in [-0.15, -0.1) is 0 Å². The lowest BCUT2D eigenvalue weighted by Gasteiger charge is -2.13. The van der Waals surface area contributed by atoms with Gasteiger partial charge in [-0.1, -0.05) is 47.5 Å². The molecule has 0 amide bonds. The van der Waals surface area contributed by atoms with Gasteiger partial charge in [0.05, 0.1) is 18.4 Å². The number of rotatable bonds is 3. The first-order valence-corrected chi connectivity index (χ1v) is 9.51. The number of fused-ring (bicyclic) bond motifs is 1. The second kappa shape index (κ2) is 7.43. The van der Waals surface area contributed by atoms with Gasteiger partial charge in [-0.05, 0) is 31.2 Å². The number of pyridine rings is 1. The summed E-state index contributed by atoms with van der Waals surface area (Å²) < 4.78 is 6.61. The topological polar surface area (TPSA) is 64.3 Å². The van der Waals surface area contributed by atoms with Crippen molar-refractivity contribution in [3.05, 3.63) is 76.0 Å². The second-order valence-electron chi connectivity index (χ2n) is 6.48. The molecule has 29 heavy (non-hydrogen) atoms. The number of hydrogen-bond acceptors (Lipinski definition) is 4. The molecule has 0 atom stereocenters. The number of hydrogen-bond donors (Lipinski definition) is 1. The summed E-state index contributed by atoms with van der Waals surface area (Å²) in [7, 11) is 1.31. The molecule has 4 aromatic rings. The van der Waals surface area contributed by atoms with Crippen molar-refractivity contribution in [2.24, 2.45) is 0 Å². The molecular formula is C22H16Cl2N2O3. The summed E-state index contributed by atoms with van der Waals surface area (Å²) in [6.07, 6.45) is 1.74. The van der Waals surface area contributed by atoms with Crippen molar-refractivity contribution < 1.29 is 14.6 Å². The largest absolute Gasteiger partial charge is 0.493 e. The van der Waals surface area contributed by atoms with Crippen LogP contribution in [0.4, 0.5) is 0 Å². The molecule has 0 radical (unpaired) electrons. The van der Waals surface area contributed by atoms with E-state index in [9.17, 15) is 9.90 Å². The minimum absolute atomic E-state index is 0.0305. The number of carbonyl (C=O) groups is 1. The number of aromatic hydroxyl groups is 1. The van der Waals surface area contributed by atoms with Crippen LogP contribution in [-0.4, -0.2) is 27.7 Å². The van der Waals surface area contributed by atoms with Gasteiger partial charge in [-0.3, -0.25) is 4.57 Å². The molecule has 1 N–H and O–H groups in total. The highest BCUT2D eigenvalue weighted by Gasteiger charge is 2.26. The maximum Gasteiger partial charge on any atom is 0.340 e. The summed E-state index contributed by atoms with van der Waals surface area (Å²) in [4.78, 5) is 17.1. The minimum atomic E-state index is -0.537. The van der Waals surface area contributed by atoms with Gasteiger partial charge in [0.1, 0.15) is 5.52 Å². The number of ether oxygens (including phenoxy) is 1. The van der Waals surface area contributed by atoms with Crippen molar-refractivity contribution in [3.63, 3.8) is 0 Å². The maximum absolute atomic E-state index is 12.6. The van der Waals surface area contributed by atoms with Crippen LogP contribution in [-0.2, 0) is 4.74 Å². The van der Waals surface area contributed by atoms with Crippen molar-refractivity contribution >= 4 is 40.1 Å². The Morgan fingerprint density at radius 2 is 1.86 bits per heavy atom. The van der Waals surface area contributed by atoms with Crippen LogP contribution in [0.1, 0.15) is 16.1 Å². The molecule has 0 aliphatic heterocycles. The highest BCUT2D eigenvalue weighted by Crippen LogP contribution is 2.41. The minimum Gasteiger partial charge on any atom is -0.493 e. The quantitative estimate of drug-likeness (QED) is 0.420. The lowest BCUT2D eigenvalue weighted by Crippen LogP contribution is -2.08. The Morgan fingerprint density at radius 3 is 2.52 bits per heavy atom. The normalized spacial score (nSPS) is 11.0. The molecule has 0 aliphatic rings. The molecule has 0 bridgehead atoms. The SMILES string of the molecule is COC(=O)c1c(C)nc2c(O)n(-c3ccccc3)cc2c1-c1ccc(Cl)cc1Cl. The Labute approximate surface area is 177 Å². The highest BCUT2D eigenvalue weighted by molar-refractivity contribution is 6.37. The van der Waals surface area contributed by atoms with Gasteiger partial charge in [0.25, 0.3) is 0 Å². The number of halogens is 2. The predicted molar refractivity (Wildman–Crippen MR) is 114 cm³/mol. The van der Waals surface area contributed by atoms with Gasteiger partial charge < -0.3 is 9.84 Å². The monoisotopic (exact) mass is 426 g/mol. The van der Waals surface area contributed by atoms with Gasteiger partial charge in [-0.25, -0.2) is 9.78 Å². The molecule has 4 rings (SSSR count). The first kappa shape index (κ1) is 19.3. The van der Waals surface area contributed by atoms with E-state index in [4.69, 9.17) is 27.9 Å². The van der Waals surface area contributed by atoms with Gasteiger partial charge >= 0.3 is 5.97 Å². The number of methoxy groups -OCH3 is 1. The van der Waals surface area contributed by atoms with E-state index >= 15 is 0 Å². The van der Waals surface area contributed by atoms with Crippen LogP contribution < -0.4 is 0 Å². The Hall–Kier alpha value is -3.02. The average Bonchev–Trinajstić information content (AvgIpc) is 3.04. The summed E-state index contributed by atoms with van der Waals surface area (Å²) in [6.45, 7) is 1.69. The smallest absolute Gasteiger partial charge is 0.340 e. The molecule has 0 spiro atoms. The van der Waals surface area contributed by atoms with Crippen LogP contribution in [0.3, 0.4) is 0 Å². The average molecular weight is 427 g/mol. The molecule has 5 nitrogen and oxygen atoms in total. The van der Waals surface area contributed by atoms with Crippen LogP contribution in [0.5, 0.6) is 5.88 Å². The van der Waals surface area contributed by atoms with Crippen LogP contribution in [0.2, 0.25) is 10.0 Å². The number of esters is 1. The van der Waals surface area contributed by atoms with Gasteiger partial charge in [0, 0.05) is 38.4 Å². The Balaban J connectivity index is 2.14. The molecule has 146 valence electrons. The predicted octanol–water partition coefficient (Wildman–Crippen LogP) is 5.80. The van der Waals surface area contributed by atoms with Crippen molar-refractivity contribution in [2.75, 3.05) is 7.11 Å². The molecule has 0 aliphatic carbocycles. The number of para-hydroxylation sites is 1. The number of aromatic nitrogens is 2. The zero-order valence-corrected chi connectivity index (χ0v) is 17.1. The number of benzene rings is 2. The van der Waals surface area contributed by atoms with Crippen LogP contribution in [0.25, 0.3) is 27.7 Å². The number of aryl methyl sites for hydroxylation is 1. The van der Waals surface area contributed by atoms with Gasteiger partial charge in [-0.2, -0.15) is 0 Å². The summed E-state index contributed by atoms with van der Waals surface area (Å²) in [5.74, 6) is -0.568. The van der Waals surface area contributed by atoms with Crippen molar-refractivity contribution in [1.82, 2.24) is 9.55 Å². The van der Waals surface area contributed by atoms with Gasteiger partial charge in [0.15, 0.2) is 0 Å². The molecule has 0 unspecified atom stereocenters. The van der Waals surface area contributed by atoms with Crippen LogP contribution in [0.15, 0.2) is 54.7 Å². The van der Waals surface area contributed by atoms with Crippen molar-refractivity contribution in [1.29, 1.82) is 0 Å². The lowest BCUT2D eigenvalue weighted by atomic mass is 9.96. The Morgan fingerprint density at radius 1 is 1.14 bits per heavy atom. The fraction of sp³-hybridized carbons (Fsp3) is 0.0909. The Bertz CT molecular complexity index is 1250. The fourth-order valence-corrected chi connectivity index (χ4v) is 3.93. The molecule has 0 saturated heterocycles. The first-order chi connectivity index (χ1) is 13.9. The van der Waals surface area contributed by atoms with Crippen LogP contribution in [0, 0.1) is 6.92 Å². The fourth-order valence-electron chi connectivity index (χ4n) is 3.43. The van der Waals surface area contributed by atoms with E-state index in [1.807, 2.05) is 30.3 Å². The van der Waals surface area contributed by atoms with Crippen molar-refractivity contribution in [3.8, 4) is 22.7 Å². The Kier molecular flexibility index (Phi) is 4.94. The zero-order chi connectivity index (χ0) is 20.7. The molecule has 0 saturated carbocycles. The molecule has 0 fully saturated rings. The maximum atomic E-state index is 12.6. The van der Waals surface area contributed by atoms with E-state index in [0.29, 0.717) is 37.8 Å². The highest BCUT2D eigenvalue weighted by atomic mass is 35.5. The molecule has 7 heteroatoms. The van der Waals surface area contributed by atoms with Crippen LogP contribution >= 0.6 is 23.2 Å². The van der Waals surface area contributed by atoms with E-state index in [1.165, 1.54) is 7.11 Å².